The van der Waals surface area contributed by atoms with E-state index >= 15 is 0 Å². The Hall–Kier alpha value is -3.96. The molecular weight excluding hydrogens is 550 g/mol. The Labute approximate surface area is 217 Å². The third-order valence-electron chi connectivity index (χ3n) is 5.77. The van der Waals surface area contributed by atoms with Crippen molar-refractivity contribution in [2.24, 2.45) is 0 Å². The van der Waals surface area contributed by atoms with Crippen LogP contribution in [0.15, 0.2) is 64.9 Å². The lowest BCUT2D eigenvalue weighted by atomic mass is 9.95. The Morgan fingerprint density at radius 2 is 1.83 bits per heavy atom. The molecule has 1 saturated heterocycles. The molecule has 1 aliphatic rings. The average molecular weight is 568 g/mol. The molecule has 5 rings (SSSR count). The van der Waals surface area contributed by atoms with Crippen LogP contribution in [-0.2, 0) is 9.59 Å². The van der Waals surface area contributed by atoms with Gasteiger partial charge < -0.3 is 19.7 Å². The molecule has 1 atom stereocenters. The highest BCUT2D eigenvalue weighted by Crippen LogP contribution is 2.47. The molecule has 1 fully saturated rings. The van der Waals surface area contributed by atoms with Crippen LogP contribution in [0.5, 0.6) is 17.2 Å². The summed E-state index contributed by atoms with van der Waals surface area (Å²) in [6, 6.07) is 10.4. The van der Waals surface area contributed by atoms with Gasteiger partial charge in [0.05, 0.1) is 40.5 Å². The van der Waals surface area contributed by atoms with Crippen molar-refractivity contribution < 1.29 is 29.3 Å². The molecule has 1 aliphatic heterocycles. The monoisotopic (exact) mass is 567 g/mol. The fraction of sp³-hybridized carbons (Fsp3) is 0.120. The van der Waals surface area contributed by atoms with Crippen molar-refractivity contribution in [1.82, 2.24) is 9.97 Å². The van der Waals surface area contributed by atoms with Gasteiger partial charge in [-0.25, -0.2) is 4.98 Å². The molecule has 0 aliphatic carbocycles. The summed E-state index contributed by atoms with van der Waals surface area (Å²) in [5.41, 5.74) is 1.24. The largest absolute Gasteiger partial charge is 0.507 e. The number of ether oxygens (including phenoxy) is 2. The third kappa shape index (κ3) is 3.86. The summed E-state index contributed by atoms with van der Waals surface area (Å²) in [5.74, 6) is -1.45. The minimum absolute atomic E-state index is 0.123. The smallest absolute Gasteiger partial charge is 0.301 e. The van der Waals surface area contributed by atoms with E-state index in [2.05, 4.69) is 25.9 Å². The van der Waals surface area contributed by atoms with Gasteiger partial charge in [-0.1, -0.05) is 11.3 Å². The number of methoxy groups -OCH3 is 2. The molecule has 0 bridgehead atoms. The van der Waals surface area contributed by atoms with Gasteiger partial charge in [0.1, 0.15) is 11.5 Å². The zero-order valence-electron chi connectivity index (χ0n) is 18.9. The van der Waals surface area contributed by atoms with E-state index in [0.29, 0.717) is 26.9 Å². The van der Waals surface area contributed by atoms with Crippen LogP contribution in [-0.4, -0.2) is 46.1 Å². The van der Waals surface area contributed by atoms with Crippen LogP contribution in [0.2, 0.25) is 0 Å². The predicted octanol–water partition coefficient (Wildman–Crippen LogP) is 4.80. The Bertz CT molecular complexity index is 1550. The molecular formula is C25H18BrN3O6S. The minimum Gasteiger partial charge on any atom is -0.507 e. The summed E-state index contributed by atoms with van der Waals surface area (Å²) in [7, 11) is 2.94. The van der Waals surface area contributed by atoms with Crippen LogP contribution in [0.25, 0.3) is 16.0 Å². The molecule has 2 aromatic heterocycles. The van der Waals surface area contributed by atoms with Crippen LogP contribution < -0.4 is 14.4 Å². The molecule has 36 heavy (non-hydrogen) atoms. The number of pyridine rings is 1. The number of hydrogen-bond acceptors (Lipinski definition) is 9. The van der Waals surface area contributed by atoms with Gasteiger partial charge in [-0.15, -0.1) is 0 Å². The van der Waals surface area contributed by atoms with Crippen LogP contribution >= 0.6 is 27.3 Å². The van der Waals surface area contributed by atoms with Crippen molar-refractivity contribution in [3.05, 3.63) is 76.0 Å². The number of ketones is 1. The van der Waals surface area contributed by atoms with Crippen molar-refractivity contribution in [3.63, 3.8) is 0 Å². The molecule has 0 spiro atoms. The zero-order valence-corrected chi connectivity index (χ0v) is 21.3. The highest BCUT2D eigenvalue weighted by atomic mass is 79.9. The molecule has 182 valence electrons. The number of fused-ring (bicyclic) bond motifs is 1. The van der Waals surface area contributed by atoms with Crippen molar-refractivity contribution in [1.29, 1.82) is 0 Å². The molecule has 0 radical (unpaired) electrons. The van der Waals surface area contributed by atoms with E-state index in [1.54, 1.807) is 31.4 Å². The van der Waals surface area contributed by atoms with Crippen LogP contribution in [0.3, 0.4) is 0 Å². The number of aromatic hydroxyl groups is 1. The number of carbonyl (C=O) groups is 2. The standard InChI is InChI=1S/C25H18BrN3O6S/c1-34-14-3-4-16-18(11-14)36-25(28-16)29-20(13-9-15(26)22(31)17(10-13)35-2)19(23(32)24(29)33)21(30)12-5-7-27-8-6-12/h3-11,20,30-31H,1-2H3/b21-19+. The second kappa shape index (κ2) is 9.25. The predicted molar refractivity (Wildman–Crippen MR) is 138 cm³/mol. The Morgan fingerprint density at radius 3 is 2.53 bits per heavy atom. The van der Waals surface area contributed by atoms with E-state index in [0.717, 1.165) is 4.70 Å². The van der Waals surface area contributed by atoms with E-state index in [4.69, 9.17) is 9.47 Å². The second-order valence-electron chi connectivity index (χ2n) is 7.79. The van der Waals surface area contributed by atoms with Crippen LogP contribution in [0.1, 0.15) is 17.2 Å². The van der Waals surface area contributed by atoms with Gasteiger partial charge >= 0.3 is 5.91 Å². The number of hydrogen-bond donors (Lipinski definition) is 2. The molecule has 9 nitrogen and oxygen atoms in total. The topological polar surface area (TPSA) is 122 Å². The quantitative estimate of drug-likeness (QED) is 0.200. The maximum Gasteiger partial charge on any atom is 0.301 e. The maximum absolute atomic E-state index is 13.4. The Kier molecular flexibility index (Phi) is 6.10. The first-order valence-electron chi connectivity index (χ1n) is 10.6. The van der Waals surface area contributed by atoms with E-state index < -0.39 is 17.7 Å². The number of rotatable bonds is 5. The van der Waals surface area contributed by atoms with Crippen LogP contribution in [0.4, 0.5) is 5.13 Å². The number of phenols is 1. The van der Waals surface area contributed by atoms with Gasteiger partial charge in [-0.3, -0.25) is 19.5 Å². The SMILES string of the molecule is COc1ccc2nc(N3C(=O)C(=O)/C(=C(/O)c4ccncc4)C3c3cc(Br)c(O)c(OC)c3)sc2c1. The summed E-state index contributed by atoms with van der Waals surface area (Å²) in [4.78, 5) is 36.5. The van der Waals surface area contributed by atoms with E-state index in [1.807, 2.05) is 0 Å². The number of phenolic OH excluding ortho intramolecular Hbond substituents is 1. The summed E-state index contributed by atoms with van der Waals surface area (Å²) in [6.07, 6.45) is 2.95. The highest BCUT2D eigenvalue weighted by molar-refractivity contribution is 9.10. The summed E-state index contributed by atoms with van der Waals surface area (Å²) < 4.78 is 11.6. The maximum atomic E-state index is 13.4. The lowest BCUT2D eigenvalue weighted by Gasteiger charge is -2.24. The lowest BCUT2D eigenvalue weighted by molar-refractivity contribution is -0.132. The number of halogens is 1. The Balaban J connectivity index is 1.76. The van der Waals surface area contributed by atoms with Gasteiger partial charge in [0, 0.05) is 18.0 Å². The fourth-order valence-electron chi connectivity index (χ4n) is 4.04. The number of benzene rings is 2. The molecule has 1 amide bonds. The number of Topliss-reactive ketones (excluding diaryl/α,β-unsaturated/α-hetero) is 1. The molecule has 1 unspecified atom stereocenters. The number of aromatic nitrogens is 2. The van der Waals surface area contributed by atoms with Gasteiger partial charge in [-0.2, -0.15) is 0 Å². The van der Waals surface area contributed by atoms with E-state index in [1.165, 1.54) is 53.9 Å². The van der Waals surface area contributed by atoms with Crippen LogP contribution in [0, 0.1) is 0 Å². The first-order chi connectivity index (χ1) is 17.3. The first-order valence-corrected chi connectivity index (χ1v) is 12.2. The number of carbonyl (C=O) groups excluding carboxylic acids is 2. The number of aliphatic hydroxyl groups is 1. The van der Waals surface area contributed by atoms with Crippen molar-refractivity contribution in [3.8, 4) is 17.2 Å². The number of thiazole rings is 1. The van der Waals surface area contributed by atoms with Crippen molar-refractivity contribution in [2.45, 2.75) is 6.04 Å². The van der Waals surface area contributed by atoms with Crippen molar-refractivity contribution in [2.75, 3.05) is 19.1 Å². The lowest BCUT2D eigenvalue weighted by Crippen LogP contribution is -2.29. The van der Waals surface area contributed by atoms with Gasteiger partial charge in [0.2, 0.25) is 0 Å². The first kappa shape index (κ1) is 23.8. The number of amides is 1. The fourth-order valence-corrected chi connectivity index (χ4v) is 5.52. The molecule has 2 aromatic carbocycles. The van der Waals surface area contributed by atoms with Gasteiger partial charge in [0.15, 0.2) is 16.6 Å². The van der Waals surface area contributed by atoms with E-state index in [9.17, 15) is 19.8 Å². The van der Waals surface area contributed by atoms with E-state index in [-0.39, 0.29) is 28.0 Å². The number of aliphatic hydroxyl groups excluding tert-OH is 1. The number of nitrogens with zero attached hydrogens (tertiary/aromatic N) is 3. The molecule has 2 N–H and O–H groups in total. The summed E-state index contributed by atoms with van der Waals surface area (Å²) in [6.45, 7) is 0. The molecule has 0 saturated carbocycles. The van der Waals surface area contributed by atoms with Gasteiger partial charge in [0.25, 0.3) is 5.78 Å². The highest BCUT2D eigenvalue weighted by Gasteiger charge is 2.48. The zero-order chi connectivity index (χ0) is 25.6. The third-order valence-corrected chi connectivity index (χ3v) is 7.40. The van der Waals surface area contributed by atoms with Gasteiger partial charge in [-0.05, 0) is 64.0 Å². The summed E-state index contributed by atoms with van der Waals surface area (Å²) in [5, 5.41) is 21.8. The average Bonchev–Trinajstić information content (AvgIpc) is 3.43. The molecule has 11 heteroatoms. The summed E-state index contributed by atoms with van der Waals surface area (Å²) >= 11 is 4.52. The second-order valence-corrected chi connectivity index (χ2v) is 9.65. The normalized spacial score (nSPS) is 17.1. The Morgan fingerprint density at radius 1 is 1.08 bits per heavy atom. The molecule has 4 aromatic rings. The number of anilines is 1. The minimum atomic E-state index is -1.05. The van der Waals surface area contributed by atoms with Crippen molar-refractivity contribution >= 4 is 60.1 Å². The molecule has 3 heterocycles.